The van der Waals surface area contributed by atoms with Crippen LogP contribution in [0.3, 0.4) is 0 Å². The summed E-state index contributed by atoms with van der Waals surface area (Å²) in [5.41, 5.74) is 6.34. The molecule has 168 valence electrons. The zero-order valence-electron chi connectivity index (χ0n) is 18.7. The minimum atomic E-state index is -0.132. The van der Waals surface area contributed by atoms with Crippen LogP contribution in [0.25, 0.3) is 0 Å². The molecule has 4 nitrogen and oxygen atoms in total. The molecule has 0 amide bonds. The first-order chi connectivity index (χ1) is 16.1. The van der Waals surface area contributed by atoms with Crippen LogP contribution in [0.2, 0.25) is 0 Å². The zero-order chi connectivity index (χ0) is 22.4. The Morgan fingerprint density at radius 2 is 1.76 bits per heavy atom. The first kappa shape index (κ1) is 20.5. The number of benzene rings is 3. The van der Waals surface area contributed by atoms with E-state index in [9.17, 15) is 9.90 Å². The van der Waals surface area contributed by atoms with E-state index in [0.717, 1.165) is 38.6 Å². The minimum Gasteiger partial charge on any atom is -0.508 e. The van der Waals surface area contributed by atoms with Gasteiger partial charge in [-0.05, 0) is 71.7 Å². The number of ether oxygens (including phenoxy) is 1. The van der Waals surface area contributed by atoms with Crippen molar-refractivity contribution in [3.05, 3.63) is 95.1 Å². The number of aryl methyl sites for hydroxylation is 1. The van der Waals surface area contributed by atoms with Crippen molar-refractivity contribution in [1.29, 1.82) is 0 Å². The van der Waals surface area contributed by atoms with Gasteiger partial charge in [0.25, 0.3) is 0 Å². The maximum Gasteiger partial charge on any atom is 0.125 e. The smallest absolute Gasteiger partial charge is 0.125 e. The van der Waals surface area contributed by atoms with Gasteiger partial charge >= 0.3 is 0 Å². The Labute approximate surface area is 194 Å². The summed E-state index contributed by atoms with van der Waals surface area (Å²) < 4.78 is 5.97. The number of rotatable bonds is 4. The third-order valence-corrected chi connectivity index (χ3v) is 7.82. The Morgan fingerprint density at radius 3 is 2.48 bits per heavy atom. The van der Waals surface area contributed by atoms with Crippen LogP contribution in [-0.4, -0.2) is 36.7 Å². The van der Waals surface area contributed by atoms with Crippen LogP contribution in [0.1, 0.15) is 46.9 Å². The standard InChI is InChI=1S/C29H29NO3/c31-16-20-15-29(33-17-20)18-30(19-29)24-9-6-22(7-10-24)28-26(21-4-2-1-3-5-21)12-8-23-14-25(32)11-13-27(23)28/h1-7,9-11,13-14,16,20,26,28,32H,8,12,15,17-19H2/t20-,26-,28+/m1/s1. The molecule has 1 spiro atoms. The largest absolute Gasteiger partial charge is 0.508 e. The van der Waals surface area contributed by atoms with Crippen LogP contribution in [0.4, 0.5) is 5.69 Å². The second kappa shape index (κ2) is 8.03. The van der Waals surface area contributed by atoms with Crippen molar-refractivity contribution in [2.24, 2.45) is 5.92 Å². The highest BCUT2D eigenvalue weighted by Gasteiger charge is 2.49. The molecule has 2 saturated heterocycles. The van der Waals surface area contributed by atoms with Crippen LogP contribution in [-0.2, 0) is 16.0 Å². The maximum atomic E-state index is 11.1. The summed E-state index contributed by atoms with van der Waals surface area (Å²) in [6, 6.07) is 25.7. The van der Waals surface area contributed by atoms with Crippen molar-refractivity contribution in [2.75, 3.05) is 24.6 Å². The van der Waals surface area contributed by atoms with E-state index in [1.165, 1.54) is 27.9 Å². The lowest BCUT2D eigenvalue weighted by atomic mass is 9.69. The monoisotopic (exact) mass is 439 g/mol. The number of hydrogen-bond acceptors (Lipinski definition) is 4. The highest BCUT2D eigenvalue weighted by atomic mass is 16.5. The van der Waals surface area contributed by atoms with Crippen LogP contribution >= 0.6 is 0 Å². The summed E-state index contributed by atoms with van der Waals surface area (Å²) in [6.45, 7) is 2.28. The molecule has 2 fully saturated rings. The molecular weight excluding hydrogens is 410 g/mol. The first-order valence-electron chi connectivity index (χ1n) is 11.9. The molecule has 33 heavy (non-hydrogen) atoms. The second-order valence-electron chi connectivity index (χ2n) is 9.96. The summed E-state index contributed by atoms with van der Waals surface area (Å²) in [5, 5.41) is 10.0. The molecule has 1 aliphatic carbocycles. The van der Waals surface area contributed by atoms with Gasteiger partial charge in [0.2, 0.25) is 0 Å². The van der Waals surface area contributed by atoms with E-state index in [4.69, 9.17) is 4.74 Å². The van der Waals surface area contributed by atoms with Gasteiger partial charge in [-0.1, -0.05) is 48.5 Å². The Balaban J connectivity index is 1.28. The average molecular weight is 440 g/mol. The van der Waals surface area contributed by atoms with E-state index in [1.807, 2.05) is 12.1 Å². The fourth-order valence-electron chi connectivity index (χ4n) is 6.19. The molecule has 2 aliphatic heterocycles. The van der Waals surface area contributed by atoms with E-state index < -0.39 is 0 Å². The fourth-order valence-corrected chi connectivity index (χ4v) is 6.19. The third-order valence-electron chi connectivity index (χ3n) is 7.82. The van der Waals surface area contributed by atoms with E-state index in [2.05, 4.69) is 65.6 Å². The lowest BCUT2D eigenvalue weighted by molar-refractivity contribution is -0.111. The van der Waals surface area contributed by atoms with Gasteiger partial charge < -0.3 is 19.5 Å². The molecule has 0 aromatic heterocycles. The molecule has 3 aromatic carbocycles. The first-order valence-corrected chi connectivity index (χ1v) is 11.9. The quantitative estimate of drug-likeness (QED) is 0.578. The molecule has 3 aliphatic rings. The molecule has 0 unspecified atom stereocenters. The predicted molar refractivity (Wildman–Crippen MR) is 129 cm³/mol. The lowest BCUT2D eigenvalue weighted by Gasteiger charge is -2.48. The molecule has 0 bridgehead atoms. The van der Waals surface area contributed by atoms with Gasteiger partial charge in [0.1, 0.15) is 17.6 Å². The molecule has 2 heterocycles. The molecule has 6 rings (SSSR count). The van der Waals surface area contributed by atoms with Crippen LogP contribution < -0.4 is 4.90 Å². The molecular formula is C29H29NO3. The minimum absolute atomic E-state index is 0.0512. The molecule has 4 heteroatoms. The number of carbonyl (C=O) groups excluding carboxylic acids is 1. The summed E-state index contributed by atoms with van der Waals surface area (Å²) in [7, 11) is 0. The molecule has 0 radical (unpaired) electrons. The Morgan fingerprint density at radius 1 is 0.970 bits per heavy atom. The number of carbonyl (C=O) groups is 1. The highest BCUT2D eigenvalue weighted by Crippen LogP contribution is 2.47. The number of phenolic OH excluding ortho intramolecular Hbond substituents is 1. The van der Waals surface area contributed by atoms with Crippen LogP contribution in [0.15, 0.2) is 72.8 Å². The van der Waals surface area contributed by atoms with Crippen LogP contribution in [0.5, 0.6) is 5.75 Å². The highest BCUT2D eigenvalue weighted by molar-refractivity contribution is 5.57. The van der Waals surface area contributed by atoms with E-state index in [1.54, 1.807) is 0 Å². The Kier molecular flexibility index (Phi) is 4.99. The number of fused-ring (bicyclic) bond motifs is 1. The Bertz CT molecular complexity index is 1150. The van der Waals surface area contributed by atoms with E-state index >= 15 is 0 Å². The summed E-state index contributed by atoms with van der Waals surface area (Å²) in [5.74, 6) is 1.07. The van der Waals surface area contributed by atoms with E-state index in [-0.39, 0.29) is 17.4 Å². The van der Waals surface area contributed by atoms with Crippen molar-refractivity contribution < 1.29 is 14.6 Å². The SMILES string of the molecule is O=C[C@@H]1COC2(C1)CN(c1ccc([C@@H]3c4ccc(O)cc4CC[C@@H]3c3ccccc3)cc1)C2. The van der Waals surface area contributed by atoms with Crippen LogP contribution in [0, 0.1) is 5.92 Å². The van der Waals surface area contributed by atoms with Gasteiger partial charge in [0.15, 0.2) is 0 Å². The topological polar surface area (TPSA) is 49.8 Å². The zero-order valence-corrected chi connectivity index (χ0v) is 18.7. The summed E-state index contributed by atoms with van der Waals surface area (Å²) >= 11 is 0. The number of aldehydes is 1. The number of hydrogen-bond donors (Lipinski definition) is 1. The van der Waals surface area contributed by atoms with Gasteiger partial charge in [-0.2, -0.15) is 0 Å². The molecule has 3 aromatic rings. The predicted octanol–water partition coefficient (Wildman–Crippen LogP) is 5.05. The maximum absolute atomic E-state index is 11.1. The Hall–Kier alpha value is -3.11. The lowest BCUT2D eigenvalue weighted by Crippen LogP contribution is -2.61. The van der Waals surface area contributed by atoms with Crippen molar-refractivity contribution in [3.63, 3.8) is 0 Å². The van der Waals surface area contributed by atoms with Crippen molar-refractivity contribution in [3.8, 4) is 5.75 Å². The fraction of sp³-hybridized carbons (Fsp3) is 0.345. The van der Waals surface area contributed by atoms with Crippen molar-refractivity contribution in [1.82, 2.24) is 0 Å². The number of anilines is 1. The molecule has 0 saturated carbocycles. The van der Waals surface area contributed by atoms with Crippen molar-refractivity contribution in [2.45, 2.75) is 36.7 Å². The average Bonchev–Trinajstić information content (AvgIpc) is 3.28. The number of phenols is 1. The third kappa shape index (κ3) is 3.63. The van der Waals surface area contributed by atoms with E-state index in [0.29, 0.717) is 18.3 Å². The van der Waals surface area contributed by atoms with Gasteiger partial charge in [-0.15, -0.1) is 0 Å². The van der Waals surface area contributed by atoms with Gasteiger partial charge in [-0.3, -0.25) is 0 Å². The summed E-state index contributed by atoms with van der Waals surface area (Å²) in [4.78, 5) is 13.4. The molecule has 3 atom stereocenters. The number of aromatic hydroxyl groups is 1. The van der Waals surface area contributed by atoms with Gasteiger partial charge in [-0.25, -0.2) is 0 Å². The van der Waals surface area contributed by atoms with Crippen molar-refractivity contribution >= 4 is 12.0 Å². The van der Waals surface area contributed by atoms with Gasteiger partial charge in [0.05, 0.1) is 6.61 Å². The second-order valence-corrected chi connectivity index (χ2v) is 9.96. The number of nitrogens with zero attached hydrogens (tertiary/aromatic N) is 1. The molecule has 1 N–H and O–H groups in total. The normalized spacial score (nSPS) is 25.5. The summed E-state index contributed by atoms with van der Waals surface area (Å²) in [6.07, 6.45) is 3.93. The van der Waals surface area contributed by atoms with Gasteiger partial charge in [0, 0.05) is 30.6 Å².